The van der Waals surface area contributed by atoms with Crippen molar-refractivity contribution in [1.82, 2.24) is 0 Å². The lowest BCUT2D eigenvalue weighted by Gasteiger charge is -2.13. The van der Waals surface area contributed by atoms with Crippen molar-refractivity contribution >= 4 is 32.8 Å². The van der Waals surface area contributed by atoms with Gasteiger partial charge in [0.25, 0.3) is 15.7 Å². The van der Waals surface area contributed by atoms with Gasteiger partial charge >= 0.3 is 6.61 Å². The Labute approximate surface area is 199 Å². The van der Waals surface area contributed by atoms with E-state index in [1.54, 1.807) is 6.07 Å². The smallest absolute Gasteiger partial charge is 0.387 e. The van der Waals surface area contributed by atoms with E-state index in [1.807, 2.05) is 0 Å². The number of halogens is 2. The monoisotopic (exact) mass is 506 g/mol. The molecule has 0 aliphatic carbocycles. The maximum absolute atomic E-state index is 13.1. The van der Waals surface area contributed by atoms with Gasteiger partial charge in [0.2, 0.25) is 0 Å². The number of hydrogen-bond acceptors (Lipinski definition) is 8. The van der Waals surface area contributed by atoms with E-state index in [2.05, 4.69) is 20.0 Å². The van der Waals surface area contributed by atoms with Crippen LogP contribution in [-0.4, -0.2) is 32.8 Å². The highest BCUT2D eigenvalue weighted by Gasteiger charge is 2.23. The molecule has 3 aromatic rings. The quantitative estimate of drug-likeness (QED) is 0.228. The van der Waals surface area contributed by atoms with Crippen LogP contribution in [0.15, 0.2) is 76.7 Å². The number of sulfonamides is 1. The van der Waals surface area contributed by atoms with E-state index >= 15 is 0 Å². The van der Waals surface area contributed by atoms with Gasteiger partial charge in [0.1, 0.15) is 16.4 Å². The van der Waals surface area contributed by atoms with E-state index in [0.29, 0.717) is 5.75 Å². The third-order valence-electron chi connectivity index (χ3n) is 4.64. The van der Waals surface area contributed by atoms with Gasteiger partial charge in [-0.15, -0.1) is 0 Å². The van der Waals surface area contributed by atoms with E-state index in [4.69, 9.17) is 4.74 Å². The number of non-ortho nitro benzene ring substituents is 1. The topological polar surface area (TPSA) is 132 Å². The molecule has 35 heavy (non-hydrogen) atoms. The Morgan fingerprint density at radius 3 is 2.40 bits per heavy atom. The Balaban J connectivity index is 1.96. The number of ether oxygens (including phenoxy) is 2. The molecule has 0 radical (unpaired) electrons. The largest absolute Gasteiger partial charge is 0.497 e. The number of alkyl halides is 2. The number of nitro groups is 1. The molecule has 0 bridgehead atoms. The molecule has 0 aliphatic heterocycles. The summed E-state index contributed by atoms with van der Waals surface area (Å²) < 4.78 is 63.5. The second kappa shape index (κ2) is 10.8. The zero-order chi connectivity index (χ0) is 25.6. The molecular formula is C22H20F2N4O6S. The van der Waals surface area contributed by atoms with Crippen molar-refractivity contribution in [3.8, 4) is 11.5 Å². The summed E-state index contributed by atoms with van der Waals surface area (Å²) in [4.78, 5) is 10.1. The summed E-state index contributed by atoms with van der Waals surface area (Å²) in [6.07, 6.45) is 0. The van der Waals surface area contributed by atoms with Crippen LogP contribution in [0.5, 0.6) is 11.5 Å². The van der Waals surface area contributed by atoms with Crippen molar-refractivity contribution < 1.29 is 31.6 Å². The second-order valence-electron chi connectivity index (χ2n) is 6.96. The third kappa shape index (κ3) is 6.41. The summed E-state index contributed by atoms with van der Waals surface area (Å²) in [6, 6.07) is 15.1. The van der Waals surface area contributed by atoms with Gasteiger partial charge in [0.05, 0.1) is 23.4 Å². The van der Waals surface area contributed by atoms with Gasteiger partial charge < -0.3 is 9.47 Å². The first-order valence-electron chi connectivity index (χ1n) is 9.90. The Hall–Kier alpha value is -4.26. The molecule has 0 atom stereocenters. The highest BCUT2D eigenvalue weighted by molar-refractivity contribution is 7.92. The van der Waals surface area contributed by atoms with Gasteiger partial charge in [-0.3, -0.25) is 20.3 Å². The summed E-state index contributed by atoms with van der Waals surface area (Å²) in [7, 11) is -2.85. The standard InChI is InChI=1S/C22H20F2N4O6S/c1-14(18-5-3-4-6-20(18)34-22(23)24)25-26-19-12-9-16(28(29)30)13-21(19)35(31,32)27-15-7-10-17(33-2)11-8-15/h3-13,22,26-27H,1-2H3/b25-14+. The van der Waals surface area contributed by atoms with Crippen LogP contribution in [0.25, 0.3) is 0 Å². The van der Waals surface area contributed by atoms with E-state index < -0.39 is 32.1 Å². The molecular weight excluding hydrogens is 486 g/mol. The first-order valence-corrected chi connectivity index (χ1v) is 11.4. The molecule has 3 aromatic carbocycles. The highest BCUT2D eigenvalue weighted by Crippen LogP contribution is 2.29. The molecule has 0 spiro atoms. The minimum absolute atomic E-state index is 0.0804. The zero-order valence-electron chi connectivity index (χ0n) is 18.4. The first kappa shape index (κ1) is 25.4. The number of nitro benzene ring substituents is 1. The number of hydrogen-bond donors (Lipinski definition) is 2. The molecule has 3 rings (SSSR count). The van der Waals surface area contributed by atoms with Crippen LogP contribution in [0, 0.1) is 10.1 Å². The van der Waals surface area contributed by atoms with Gasteiger partial charge in [0.15, 0.2) is 0 Å². The number of benzene rings is 3. The average Bonchev–Trinajstić information content (AvgIpc) is 2.82. The van der Waals surface area contributed by atoms with Crippen molar-refractivity contribution in [1.29, 1.82) is 0 Å². The number of nitrogens with zero attached hydrogens (tertiary/aromatic N) is 2. The Morgan fingerprint density at radius 1 is 1.09 bits per heavy atom. The average molecular weight is 506 g/mol. The molecule has 0 fully saturated rings. The van der Waals surface area contributed by atoms with Gasteiger partial charge in [-0.25, -0.2) is 8.42 Å². The Kier molecular flexibility index (Phi) is 7.81. The maximum atomic E-state index is 13.1. The van der Waals surface area contributed by atoms with Crippen molar-refractivity contribution in [3.05, 3.63) is 82.4 Å². The second-order valence-corrected chi connectivity index (χ2v) is 8.61. The fourth-order valence-corrected chi connectivity index (χ4v) is 4.21. The van der Waals surface area contributed by atoms with Crippen LogP contribution in [-0.2, 0) is 10.0 Å². The molecule has 0 aromatic heterocycles. The number of methoxy groups -OCH3 is 1. The fraction of sp³-hybridized carbons (Fsp3) is 0.136. The van der Waals surface area contributed by atoms with Gasteiger partial charge in [-0.05, 0) is 49.4 Å². The van der Waals surface area contributed by atoms with Crippen LogP contribution in [0.2, 0.25) is 0 Å². The SMILES string of the molecule is COc1ccc(NS(=O)(=O)c2cc([N+](=O)[O-])ccc2N/N=C(\C)c2ccccc2OC(F)F)cc1. The molecule has 0 saturated heterocycles. The molecule has 0 amide bonds. The van der Waals surface area contributed by atoms with E-state index in [0.717, 1.165) is 12.1 Å². The zero-order valence-corrected chi connectivity index (χ0v) is 19.3. The van der Waals surface area contributed by atoms with Crippen molar-refractivity contribution in [2.75, 3.05) is 17.3 Å². The summed E-state index contributed by atoms with van der Waals surface area (Å²) in [5.41, 5.74) is 2.65. The molecule has 2 N–H and O–H groups in total. The van der Waals surface area contributed by atoms with Crippen LogP contribution >= 0.6 is 0 Å². The molecule has 0 heterocycles. The molecule has 10 nitrogen and oxygen atoms in total. The molecule has 13 heteroatoms. The summed E-state index contributed by atoms with van der Waals surface area (Å²) >= 11 is 0. The van der Waals surface area contributed by atoms with Crippen LogP contribution < -0.4 is 19.6 Å². The summed E-state index contributed by atoms with van der Waals surface area (Å²) in [5.74, 6) is 0.384. The van der Waals surface area contributed by atoms with E-state index in [-0.39, 0.29) is 28.4 Å². The minimum atomic E-state index is -4.31. The Bertz CT molecular complexity index is 1350. The molecule has 184 valence electrons. The molecule has 0 unspecified atom stereocenters. The predicted octanol–water partition coefficient (Wildman–Crippen LogP) is 4.84. The number of para-hydroxylation sites is 1. The lowest BCUT2D eigenvalue weighted by molar-refractivity contribution is -0.385. The van der Waals surface area contributed by atoms with Gasteiger partial charge in [0, 0.05) is 23.4 Å². The van der Waals surface area contributed by atoms with Crippen LogP contribution in [0.3, 0.4) is 0 Å². The number of rotatable bonds is 10. The summed E-state index contributed by atoms with van der Waals surface area (Å²) in [6.45, 7) is -1.55. The van der Waals surface area contributed by atoms with E-state index in [9.17, 15) is 27.3 Å². The van der Waals surface area contributed by atoms with Crippen LogP contribution in [0.4, 0.5) is 25.8 Å². The normalized spacial score (nSPS) is 11.7. The number of anilines is 2. The predicted molar refractivity (Wildman–Crippen MR) is 126 cm³/mol. The van der Waals surface area contributed by atoms with Gasteiger partial charge in [-0.2, -0.15) is 13.9 Å². The lowest BCUT2D eigenvalue weighted by Crippen LogP contribution is -2.15. The van der Waals surface area contributed by atoms with Crippen molar-refractivity contribution in [2.24, 2.45) is 5.10 Å². The molecule has 0 aliphatic rings. The first-order chi connectivity index (χ1) is 16.6. The van der Waals surface area contributed by atoms with Crippen LogP contribution in [0.1, 0.15) is 12.5 Å². The van der Waals surface area contributed by atoms with Crippen molar-refractivity contribution in [3.63, 3.8) is 0 Å². The van der Waals surface area contributed by atoms with E-state index in [1.165, 1.54) is 62.6 Å². The molecule has 0 saturated carbocycles. The highest BCUT2D eigenvalue weighted by atomic mass is 32.2. The summed E-state index contributed by atoms with van der Waals surface area (Å²) in [5, 5.41) is 15.3. The minimum Gasteiger partial charge on any atom is -0.497 e. The van der Waals surface area contributed by atoms with Crippen molar-refractivity contribution in [2.45, 2.75) is 18.4 Å². The third-order valence-corrected chi connectivity index (χ3v) is 6.07. The Morgan fingerprint density at radius 2 is 1.77 bits per heavy atom. The number of hydrazone groups is 1. The number of nitrogens with one attached hydrogen (secondary N) is 2. The lowest BCUT2D eigenvalue weighted by atomic mass is 10.1. The fourth-order valence-electron chi connectivity index (χ4n) is 2.98. The van der Waals surface area contributed by atoms with Gasteiger partial charge in [-0.1, -0.05) is 12.1 Å². The maximum Gasteiger partial charge on any atom is 0.387 e.